The van der Waals surface area contributed by atoms with Crippen LogP contribution in [-0.2, 0) is 0 Å². The monoisotopic (exact) mass is 244 g/mol. The number of halogens is 1. The van der Waals surface area contributed by atoms with Gasteiger partial charge in [0.05, 0.1) is 0 Å². The Hall–Kier alpha value is -0.540. The summed E-state index contributed by atoms with van der Waals surface area (Å²) in [6.07, 6.45) is 3.62. The number of hydrogen-bond donors (Lipinski definition) is 1. The Bertz CT molecular complexity index is 209. The van der Waals surface area contributed by atoms with E-state index in [9.17, 15) is 0 Å². The van der Waals surface area contributed by atoms with E-state index in [0.717, 1.165) is 23.3 Å². The molecule has 0 saturated carbocycles. The second-order valence-electron chi connectivity index (χ2n) is 2.72. The van der Waals surface area contributed by atoms with Crippen LogP contribution in [0.4, 0.5) is 0 Å². The molecule has 0 bridgehead atoms. The predicted molar refractivity (Wildman–Crippen MR) is 62.9 cm³/mol. The van der Waals surface area contributed by atoms with Gasteiger partial charge in [0.25, 0.3) is 0 Å². The smallest absolute Gasteiger partial charge is 0.0435 e. The second kappa shape index (κ2) is 6.92. The topological polar surface area (TPSA) is 15.3 Å². The molecule has 0 aromatic heterocycles. The van der Waals surface area contributed by atoms with Gasteiger partial charge in [0.2, 0.25) is 0 Å². The highest BCUT2D eigenvalue weighted by molar-refractivity contribution is 9.12. The van der Waals surface area contributed by atoms with Gasteiger partial charge in [-0.25, -0.2) is 0 Å². The second-order valence-corrected chi connectivity index (χ2v) is 3.58. The highest BCUT2D eigenvalue weighted by Gasteiger charge is 2.03. The van der Waals surface area contributed by atoms with Crippen molar-refractivity contribution >= 4 is 15.9 Å². The lowest BCUT2D eigenvalue weighted by atomic mass is 10.3. The quantitative estimate of drug-likeness (QED) is 0.721. The van der Waals surface area contributed by atoms with Crippen LogP contribution in [0.3, 0.4) is 0 Å². The Kier molecular flexibility index (Phi) is 6.63. The molecule has 3 heteroatoms. The number of likely N-dealkylation sites (N-methyl/N-ethyl adjacent to an activating group) is 2. The highest BCUT2D eigenvalue weighted by atomic mass is 79.9. The van der Waals surface area contributed by atoms with Gasteiger partial charge in [-0.05, 0) is 29.1 Å². The summed E-state index contributed by atoms with van der Waals surface area (Å²) in [7, 11) is 3.95. The number of nitrogens with one attached hydrogen (secondary N) is 1. The van der Waals surface area contributed by atoms with Gasteiger partial charge in [0, 0.05) is 30.3 Å². The van der Waals surface area contributed by atoms with Gasteiger partial charge in [-0.15, -0.1) is 0 Å². The molecule has 13 heavy (non-hydrogen) atoms. The van der Waals surface area contributed by atoms with Gasteiger partial charge in [-0.2, -0.15) is 0 Å². The predicted octanol–water partition coefficient (Wildman–Crippen LogP) is 2.12. The van der Waals surface area contributed by atoms with E-state index < -0.39 is 0 Å². The molecule has 0 fully saturated rings. The Morgan fingerprint density at radius 1 is 1.62 bits per heavy atom. The highest BCUT2D eigenvalue weighted by Crippen LogP contribution is 2.17. The minimum atomic E-state index is 0.940. The summed E-state index contributed by atoms with van der Waals surface area (Å²) in [5, 5.41) is 3.09. The average molecular weight is 245 g/mol. The number of rotatable bonds is 6. The molecule has 0 atom stereocenters. The van der Waals surface area contributed by atoms with E-state index in [1.165, 1.54) is 0 Å². The van der Waals surface area contributed by atoms with Gasteiger partial charge in [0.1, 0.15) is 0 Å². The molecule has 74 valence electrons. The molecule has 0 saturated heterocycles. The molecular formula is C10H17BrN2. The maximum absolute atomic E-state index is 3.96. The maximum Gasteiger partial charge on any atom is 0.0435 e. The van der Waals surface area contributed by atoms with Crippen LogP contribution in [0.25, 0.3) is 0 Å². The number of nitrogens with zero attached hydrogens (tertiary/aromatic N) is 1. The summed E-state index contributed by atoms with van der Waals surface area (Å²) < 4.78 is 0.973. The fourth-order valence-corrected chi connectivity index (χ4v) is 1.29. The van der Waals surface area contributed by atoms with Crippen molar-refractivity contribution in [2.75, 3.05) is 27.2 Å². The fraction of sp³-hybridized carbons (Fsp3) is 0.400. The molecule has 1 N–H and O–H groups in total. The van der Waals surface area contributed by atoms with E-state index in [4.69, 9.17) is 0 Å². The number of allylic oxidation sites excluding steroid dienone is 3. The molecule has 0 amide bonds. The summed E-state index contributed by atoms with van der Waals surface area (Å²) in [5.41, 5.74) is 0.968. The summed E-state index contributed by atoms with van der Waals surface area (Å²) in [6.45, 7) is 9.48. The largest absolute Gasteiger partial charge is 0.373 e. The van der Waals surface area contributed by atoms with E-state index >= 15 is 0 Å². The van der Waals surface area contributed by atoms with Crippen LogP contribution < -0.4 is 5.32 Å². The van der Waals surface area contributed by atoms with Crippen molar-refractivity contribution in [1.82, 2.24) is 10.2 Å². The molecule has 0 aliphatic heterocycles. The van der Waals surface area contributed by atoms with Crippen molar-refractivity contribution in [1.29, 1.82) is 0 Å². The van der Waals surface area contributed by atoms with Crippen LogP contribution in [0.5, 0.6) is 0 Å². The minimum absolute atomic E-state index is 0.940. The van der Waals surface area contributed by atoms with Crippen molar-refractivity contribution in [3.63, 3.8) is 0 Å². The fourth-order valence-electron chi connectivity index (χ4n) is 0.796. The van der Waals surface area contributed by atoms with Crippen molar-refractivity contribution < 1.29 is 0 Å². The average Bonchev–Trinajstić information content (AvgIpc) is 2.13. The number of hydrogen-bond acceptors (Lipinski definition) is 2. The van der Waals surface area contributed by atoms with Gasteiger partial charge >= 0.3 is 0 Å². The zero-order chi connectivity index (χ0) is 10.3. The molecule has 0 unspecified atom stereocenters. The zero-order valence-corrected chi connectivity index (χ0v) is 9.89. The maximum atomic E-state index is 3.96. The third-order valence-electron chi connectivity index (χ3n) is 1.70. The van der Waals surface area contributed by atoms with Gasteiger partial charge in [0.15, 0.2) is 0 Å². The first-order valence-electron chi connectivity index (χ1n) is 4.16. The molecule has 2 nitrogen and oxygen atoms in total. The third kappa shape index (κ3) is 4.90. The van der Waals surface area contributed by atoms with E-state index in [1.54, 1.807) is 6.08 Å². The standard InChI is InChI=1S/C10H17BrN2/c1-5-6-10(11)9(2)13(4)8-7-12-3/h5-6,12H,1-2,7-8H2,3-4H3/b10-6+. The minimum Gasteiger partial charge on any atom is -0.373 e. The first-order valence-corrected chi connectivity index (χ1v) is 4.96. The van der Waals surface area contributed by atoms with Crippen molar-refractivity contribution in [2.45, 2.75) is 0 Å². The summed E-state index contributed by atoms with van der Waals surface area (Å²) in [4.78, 5) is 2.08. The molecule has 0 radical (unpaired) electrons. The van der Waals surface area contributed by atoms with E-state index in [2.05, 4.69) is 39.3 Å². The summed E-state index contributed by atoms with van der Waals surface area (Å²) in [6, 6.07) is 0. The zero-order valence-electron chi connectivity index (χ0n) is 8.31. The third-order valence-corrected chi connectivity index (χ3v) is 2.42. The lowest BCUT2D eigenvalue weighted by Crippen LogP contribution is -2.26. The lowest BCUT2D eigenvalue weighted by Gasteiger charge is -2.20. The van der Waals surface area contributed by atoms with Crippen molar-refractivity contribution in [3.05, 3.63) is 35.5 Å². The Balaban J connectivity index is 4.09. The Labute approximate surface area is 89.1 Å². The van der Waals surface area contributed by atoms with Crippen LogP contribution in [0.2, 0.25) is 0 Å². The normalized spacial score (nSPS) is 11.2. The van der Waals surface area contributed by atoms with Crippen molar-refractivity contribution in [2.24, 2.45) is 0 Å². The molecular weight excluding hydrogens is 228 g/mol. The summed E-state index contributed by atoms with van der Waals surface area (Å²) >= 11 is 3.42. The lowest BCUT2D eigenvalue weighted by molar-refractivity contribution is 0.428. The van der Waals surface area contributed by atoms with Crippen LogP contribution in [0.15, 0.2) is 35.5 Å². The molecule has 0 spiro atoms. The van der Waals surface area contributed by atoms with Crippen LogP contribution in [0, 0.1) is 0 Å². The van der Waals surface area contributed by atoms with Gasteiger partial charge in [-0.1, -0.05) is 19.2 Å². The molecule has 0 rings (SSSR count). The first-order chi connectivity index (χ1) is 6.13. The summed E-state index contributed by atoms with van der Waals surface area (Å²) in [5.74, 6) is 0. The van der Waals surface area contributed by atoms with E-state index in [0.29, 0.717) is 0 Å². The molecule has 0 aromatic rings. The first kappa shape index (κ1) is 12.5. The molecule has 0 heterocycles. The van der Waals surface area contributed by atoms with Crippen molar-refractivity contribution in [3.8, 4) is 0 Å². The molecule has 0 aliphatic carbocycles. The van der Waals surface area contributed by atoms with Crippen LogP contribution in [-0.4, -0.2) is 32.1 Å². The van der Waals surface area contributed by atoms with Crippen LogP contribution >= 0.6 is 15.9 Å². The molecule has 0 aliphatic rings. The van der Waals surface area contributed by atoms with Gasteiger partial charge < -0.3 is 10.2 Å². The van der Waals surface area contributed by atoms with Crippen LogP contribution in [0.1, 0.15) is 0 Å². The molecule has 0 aromatic carbocycles. The Morgan fingerprint density at radius 2 is 2.23 bits per heavy atom. The van der Waals surface area contributed by atoms with Gasteiger partial charge in [-0.3, -0.25) is 0 Å². The van der Waals surface area contributed by atoms with E-state index in [1.807, 2.05) is 20.2 Å². The Morgan fingerprint density at radius 3 is 2.69 bits per heavy atom. The van der Waals surface area contributed by atoms with E-state index in [-0.39, 0.29) is 0 Å². The SMILES string of the molecule is C=C/C=C(/Br)C(=C)N(C)CCNC.